The van der Waals surface area contributed by atoms with Crippen LogP contribution in [0.25, 0.3) is 0 Å². The first kappa shape index (κ1) is 24.5. The molecule has 6 nitrogen and oxygen atoms in total. The van der Waals surface area contributed by atoms with Crippen molar-refractivity contribution in [1.82, 2.24) is 5.32 Å². The molecule has 3 aromatic rings. The van der Waals surface area contributed by atoms with Crippen LogP contribution in [0.1, 0.15) is 16.7 Å². The van der Waals surface area contributed by atoms with Crippen molar-refractivity contribution < 1.29 is 17.9 Å². The first-order valence-electron chi connectivity index (χ1n) is 9.83. The Balaban J connectivity index is 1.57. The molecular weight excluding hydrogens is 516 g/mol. The average molecular weight is 540 g/mol. The summed E-state index contributed by atoms with van der Waals surface area (Å²) in [5, 5.41) is 9.16. The van der Waals surface area contributed by atoms with Gasteiger partial charge in [-0.3, -0.25) is 0 Å². The molecule has 0 spiro atoms. The number of nitrogens with two attached hydrogens (primary N) is 1. The fourth-order valence-corrected chi connectivity index (χ4v) is 4.40. The maximum Gasteiger partial charge on any atom is 0.238 e. The molecule has 32 heavy (non-hydrogen) atoms. The molecule has 0 saturated heterocycles. The lowest BCUT2D eigenvalue weighted by molar-refractivity contribution is 0.282. The van der Waals surface area contributed by atoms with Gasteiger partial charge in [-0.1, -0.05) is 41.9 Å². The fourth-order valence-electron chi connectivity index (χ4n) is 3.09. The SMILES string of the molecule is COc1cc(CNCCc2ccc(S(N)(=O)=O)cc2)cc(Br)c1OCc1ccccc1Cl. The van der Waals surface area contributed by atoms with Gasteiger partial charge in [-0.05, 0) is 70.4 Å². The van der Waals surface area contributed by atoms with Gasteiger partial charge in [0.25, 0.3) is 0 Å². The van der Waals surface area contributed by atoms with Gasteiger partial charge in [-0.15, -0.1) is 0 Å². The predicted molar refractivity (Wildman–Crippen MR) is 130 cm³/mol. The first-order chi connectivity index (χ1) is 15.3. The second kappa shape index (κ2) is 11.2. The number of ether oxygens (including phenoxy) is 2. The molecular formula is C23H24BrClN2O4S. The van der Waals surface area contributed by atoms with Gasteiger partial charge in [0.1, 0.15) is 6.61 Å². The Morgan fingerprint density at radius 3 is 2.44 bits per heavy atom. The molecule has 3 rings (SSSR count). The highest BCUT2D eigenvalue weighted by Gasteiger charge is 2.13. The van der Waals surface area contributed by atoms with Crippen LogP contribution in [-0.2, 0) is 29.6 Å². The maximum atomic E-state index is 11.3. The van der Waals surface area contributed by atoms with Crippen LogP contribution in [0.4, 0.5) is 0 Å². The highest BCUT2D eigenvalue weighted by atomic mass is 79.9. The summed E-state index contributed by atoms with van der Waals surface area (Å²) in [6, 6.07) is 18.0. The van der Waals surface area contributed by atoms with Gasteiger partial charge in [0.05, 0.1) is 16.5 Å². The lowest BCUT2D eigenvalue weighted by atomic mass is 10.1. The van der Waals surface area contributed by atoms with Crippen molar-refractivity contribution >= 4 is 37.6 Å². The van der Waals surface area contributed by atoms with E-state index in [1.165, 1.54) is 12.1 Å². The van der Waals surface area contributed by atoms with Crippen LogP contribution >= 0.6 is 27.5 Å². The minimum absolute atomic E-state index is 0.114. The fraction of sp³-hybridized carbons (Fsp3) is 0.217. The highest BCUT2D eigenvalue weighted by Crippen LogP contribution is 2.37. The minimum atomic E-state index is -3.67. The van der Waals surface area contributed by atoms with E-state index < -0.39 is 10.0 Å². The Morgan fingerprint density at radius 1 is 1.06 bits per heavy atom. The Bertz CT molecular complexity index is 1170. The number of hydrogen-bond donors (Lipinski definition) is 2. The molecule has 0 amide bonds. The number of benzene rings is 3. The number of methoxy groups -OCH3 is 1. The molecule has 9 heteroatoms. The van der Waals surface area contributed by atoms with Crippen molar-refractivity contribution in [3.63, 3.8) is 0 Å². The van der Waals surface area contributed by atoms with E-state index in [1.54, 1.807) is 19.2 Å². The number of sulfonamides is 1. The van der Waals surface area contributed by atoms with E-state index >= 15 is 0 Å². The second-order valence-electron chi connectivity index (χ2n) is 7.10. The molecule has 3 aromatic carbocycles. The smallest absolute Gasteiger partial charge is 0.238 e. The Labute approximate surface area is 201 Å². The molecule has 0 atom stereocenters. The standard InChI is InChI=1S/C23H24BrClN2O4S/c1-30-22-13-17(12-20(24)23(22)31-15-18-4-2-3-5-21(18)25)14-27-11-10-16-6-8-19(9-7-16)32(26,28)29/h2-9,12-13,27H,10-11,14-15H2,1H3,(H2,26,28,29). The van der Waals surface area contributed by atoms with Gasteiger partial charge in [0.15, 0.2) is 11.5 Å². The van der Waals surface area contributed by atoms with Crippen LogP contribution in [0.3, 0.4) is 0 Å². The summed E-state index contributed by atoms with van der Waals surface area (Å²) in [6.45, 7) is 1.69. The minimum Gasteiger partial charge on any atom is -0.493 e. The topological polar surface area (TPSA) is 90.6 Å². The normalized spacial score (nSPS) is 11.4. The quantitative estimate of drug-likeness (QED) is 0.366. The van der Waals surface area contributed by atoms with Crippen LogP contribution in [0.2, 0.25) is 5.02 Å². The Morgan fingerprint density at radius 2 is 1.78 bits per heavy atom. The average Bonchev–Trinajstić information content (AvgIpc) is 2.76. The molecule has 0 aliphatic carbocycles. The molecule has 0 heterocycles. The van der Waals surface area contributed by atoms with Gasteiger partial charge in [0.2, 0.25) is 10.0 Å². The third kappa shape index (κ3) is 6.70. The van der Waals surface area contributed by atoms with Crippen molar-refractivity contribution in [3.05, 3.63) is 86.8 Å². The summed E-state index contributed by atoms with van der Waals surface area (Å²) in [7, 11) is -2.06. The second-order valence-corrected chi connectivity index (χ2v) is 9.93. The van der Waals surface area contributed by atoms with Gasteiger partial charge in [-0.2, -0.15) is 0 Å². The third-order valence-electron chi connectivity index (χ3n) is 4.79. The van der Waals surface area contributed by atoms with Gasteiger partial charge < -0.3 is 14.8 Å². The van der Waals surface area contributed by atoms with E-state index in [9.17, 15) is 8.42 Å². The summed E-state index contributed by atoms with van der Waals surface area (Å²) in [5.41, 5.74) is 2.95. The van der Waals surface area contributed by atoms with E-state index in [0.717, 1.165) is 34.1 Å². The van der Waals surface area contributed by atoms with Gasteiger partial charge in [-0.25, -0.2) is 13.6 Å². The van der Waals surface area contributed by atoms with Crippen LogP contribution in [0.5, 0.6) is 11.5 Å². The Hall–Kier alpha value is -2.10. The predicted octanol–water partition coefficient (Wildman–Crippen LogP) is 4.67. The summed E-state index contributed by atoms with van der Waals surface area (Å²) in [6.07, 6.45) is 0.752. The number of halogens is 2. The van der Waals surface area contributed by atoms with E-state index in [1.807, 2.05) is 36.4 Å². The molecule has 0 bridgehead atoms. The van der Waals surface area contributed by atoms with Crippen molar-refractivity contribution in [2.45, 2.75) is 24.5 Å². The highest BCUT2D eigenvalue weighted by molar-refractivity contribution is 9.10. The van der Waals surface area contributed by atoms with E-state index in [-0.39, 0.29) is 4.90 Å². The molecule has 3 N–H and O–H groups in total. The zero-order chi connectivity index (χ0) is 23.1. The molecule has 0 unspecified atom stereocenters. The maximum absolute atomic E-state index is 11.3. The van der Waals surface area contributed by atoms with Gasteiger partial charge in [0, 0.05) is 17.1 Å². The number of primary sulfonamides is 1. The first-order valence-corrected chi connectivity index (χ1v) is 12.5. The molecule has 0 fully saturated rings. The zero-order valence-electron chi connectivity index (χ0n) is 17.5. The number of rotatable bonds is 10. The largest absolute Gasteiger partial charge is 0.493 e. The van der Waals surface area contributed by atoms with Crippen LogP contribution in [0.15, 0.2) is 70.0 Å². The van der Waals surface area contributed by atoms with E-state index in [2.05, 4.69) is 21.2 Å². The number of nitrogens with one attached hydrogen (secondary N) is 1. The van der Waals surface area contributed by atoms with Crippen LogP contribution in [0, 0.1) is 0 Å². The summed E-state index contributed by atoms with van der Waals surface area (Å²) in [5.74, 6) is 1.24. The monoisotopic (exact) mass is 538 g/mol. The van der Waals surface area contributed by atoms with Crippen molar-refractivity contribution in [2.24, 2.45) is 5.14 Å². The molecule has 0 saturated carbocycles. The molecule has 0 aliphatic heterocycles. The molecule has 0 aromatic heterocycles. The molecule has 170 valence electrons. The lowest BCUT2D eigenvalue weighted by Gasteiger charge is -2.15. The van der Waals surface area contributed by atoms with E-state index in [4.69, 9.17) is 26.2 Å². The van der Waals surface area contributed by atoms with Crippen LogP contribution in [-0.4, -0.2) is 22.1 Å². The van der Waals surface area contributed by atoms with Crippen molar-refractivity contribution in [2.75, 3.05) is 13.7 Å². The summed E-state index contributed by atoms with van der Waals surface area (Å²) >= 11 is 9.78. The number of hydrogen-bond acceptors (Lipinski definition) is 5. The van der Waals surface area contributed by atoms with Gasteiger partial charge >= 0.3 is 0 Å². The molecule has 0 radical (unpaired) electrons. The van der Waals surface area contributed by atoms with Crippen LogP contribution < -0.4 is 19.9 Å². The molecule has 0 aliphatic rings. The van der Waals surface area contributed by atoms with Crippen molar-refractivity contribution in [3.8, 4) is 11.5 Å². The summed E-state index contributed by atoms with van der Waals surface area (Å²) in [4.78, 5) is 0.114. The lowest BCUT2D eigenvalue weighted by Crippen LogP contribution is -2.17. The summed E-state index contributed by atoms with van der Waals surface area (Å²) < 4.78 is 34.9. The Kier molecular flexibility index (Phi) is 8.56. The van der Waals surface area contributed by atoms with Crippen molar-refractivity contribution in [1.29, 1.82) is 0 Å². The zero-order valence-corrected chi connectivity index (χ0v) is 20.6. The van der Waals surface area contributed by atoms with E-state index in [0.29, 0.717) is 29.7 Å². The third-order valence-corrected chi connectivity index (χ3v) is 6.68.